The summed E-state index contributed by atoms with van der Waals surface area (Å²) in [5.41, 5.74) is 0. The highest BCUT2D eigenvalue weighted by Crippen LogP contribution is 2.07. The smallest absolute Gasteiger partial charge is 0.00160 e. The van der Waals surface area contributed by atoms with Gasteiger partial charge in [-0.25, -0.2) is 0 Å². The van der Waals surface area contributed by atoms with Crippen LogP contribution in [0.15, 0.2) is 37.0 Å². The highest BCUT2D eigenvalue weighted by Gasteiger charge is 2.08. The van der Waals surface area contributed by atoms with Gasteiger partial charge in [0.1, 0.15) is 0 Å². The molecule has 1 heterocycles. The van der Waals surface area contributed by atoms with E-state index in [1.807, 2.05) is 12.2 Å². The Kier molecular flexibility index (Phi) is 5.27. The molecule has 0 aromatic heterocycles. The maximum Gasteiger partial charge on any atom is 0.00160 e. The molecular formula is C12H19N. The number of hydrogen-bond acceptors (Lipinski definition) is 1. The third kappa shape index (κ3) is 4.69. The molecule has 72 valence electrons. The lowest BCUT2D eigenvalue weighted by atomic mass is 10.3. The van der Waals surface area contributed by atoms with Gasteiger partial charge in [-0.3, -0.25) is 0 Å². The molecule has 0 bridgehead atoms. The Bertz CT molecular complexity index is 185. The van der Waals surface area contributed by atoms with Crippen LogP contribution in [0.2, 0.25) is 0 Å². The maximum absolute atomic E-state index is 3.61. The second-order valence-corrected chi connectivity index (χ2v) is 3.39. The first-order valence-corrected chi connectivity index (χ1v) is 5.10. The molecule has 0 aromatic carbocycles. The van der Waals surface area contributed by atoms with E-state index in [-0.39, 0.29) is 0 Å². The van der Waals surface area contributed by atoms with Crippen molar-refractivity contribution in [1.29, 1.82) is 0 Å². The van der Waals surface area contributed by atoms with Gasteiger partial charge in [-0.05, 0) is 32.4 Å². The molecule has 0 N–H and O–H groups in total. The fourth-order valence-electron chi connectivity index (χ4n) is 1.58. The Hall–Kier alpha value is -0.820. The minimum atomic E-state index is 1.17. The van der Waals surface area contributed by atoms with Gasteiger partial charge in [-0.2, -0.15) is 0 Å². The van der Waals surface area contributed by atoms with E-state index in [4.69, 9.17) is 0 Å². The van der Waals surface area contributed by atoms with E-state index < -0.39 is 0 Å². The fraction of sp³-hybridized carbons (Fsp3) is 0.500. The molecule has 0 atom stereocenters. The van der Waals surface area contributed by atoms with Crippen molar-refractivity contribution in [3.05, 3.63) is 37.0 Å². The molecule has 0 radical (unpaired) electrons. The SMILES string of the molecule is C=C/C=C\C=C/CCN1CCCC1. The van der Waals surface area contributed by atoms with Crippen molar-refractivity contribution in [3.8, 4) is 0 Å². The molecule has 0 amide bonds. The Balaban J connectivity index is 2.02. The van der Waals surface area contributed by atoms with E-state index >= 15 is 0 Å². The van der Waals surface area contributed by atoms with Gasteiger partial charge in [0.15, 0.2) is 0 Å². The number of rotatable bonds is 5. The van der Waals surface area contributed by atoms with Crippen LogP contribution in [-0.4, -0.2) is 24.5 Å². The van der Waals surface area contributed by atoms with Crippen LogP contribution < -0.4 is 0 Å². The summed E-state index contributed by atoms with van der Waals surface area (Å²) in [6.07, 6.45) is 14.0. The van der Waals surface area contributed by atoms with Crippen molar-refractivity contribution in [1.82, 2.24) is 4.90 Å². The maximum atomic E-state index is 3.61. The second-order valence-electron chi connectivity index (χ2n) is 3.39. The molecule has 0 aromatic rings. The average molecular weight is 177 g/mol. The lowest BCUT2D eigenvalue weighted by Crippen LogP contribution is -2.19. The van der Waals surface area contributed by atoms with Gasteiger partial charge >= 0.3 is 0 Å². The summed E-state index contributed by atoms with van der Waals surface area (Å²) in [6, 6.07) is 0. The molecular weight excluding hydrogens is 158 g/mol. The summed E-state index contributed by atoms with van der Waals surface area (Å²) < 4.78 is 0. The molecule has 1 rings (SSSR count). The van der Waals surface area contributed by atoms with Crippen LogP contribution in [0, 0.1) is 0 Å². The van der Waals surface area contributed by atoms with Crippen molar-refractivity contribution >= 4 is 0 Å². The van der Waals surface area contributed by atoms with E-state index in [1.165, 1.54) is 38.9 Å². The van der Waals surface area contributed by atoms with Crippen LogP contribution in [0.25, 0.3) is 0 Å². The molecule has 0 spiro atoms. The molecule has 0 aliphatic carbocycles. The zero-order chi connectivity index (χ0) is 9.36. The normalized spacial score (nSPS) is 19.1. The molecule has 13 heavy (non-hydrogen) atoms. The van der Waals surface area contributed by atoms with Crippen LogP contribution in [0.5, 0.6) is 0 Å². The average Bonchev–Trinajstić information content (AvgIpc) is 2.63. The van der Waals surface area contributed by atoms with E-state index in [0.717, 1.165) is 0 Å². The Morgan fingerprint density at radius 3 is 2.54 bits per heavy atom. The van der Waals surface area contributed by atoms with Crippen LogP contribution in [0.1, 0.15) is 19.3 Å². The highest BCUT2D eigenvalue weighted by atomic mass is 15.1. The minimum absolute atomic E-state index is 1.17. The van der Waals surface area contributed by atoms with Gasteiger partial charge in [-0.15, -0.1) is 0 Å². The Morgan fingerprint density at radius 2 is 1.85 bits per heavy atom. The fourth-order valence-corrected chi connectivity index (χ4v) is 1.58. The van der Waals surface area contributed by atoms with Crippen molar-refractivity contribution in [2.24, 2.45) is 0 Å². The highest BCUT2D eigenvalue weighted by molar-refractivity contribution is 5.08. The lowest BCUT2D eigenvalue weighted by Gasteiger charge is -2.11. The van der Waals surface area contributed by atoms with Crippen LogP contribution >= 0.6 is 0 Å². The third-order valence-corrected chi connectivity index (χ3v) is 2.31. The molecule has 0 unspecified atom stereocenters. The Morgan fingerprint density at radius 1 is 1.08 bits per heavy atom. The Labute approximate surface area is 81.4 Å². The van der Waals surface area contributed by atoms with E-state index in [9.17, 15) is 0 Å². The van der Waals surface area contributed by atoms with Gasteiger partial charge in [0.25, 0.3) is 0 Å². The standard InChI is InChI=1S/C12H19N/c1-2-3-4-5-6-7-10-13-11-8-9-12-13/h2-6H,1,7-12H2/b4-3-,6-5-. The predicted molar refractivity (Wildman–Crippen MR) is 58.8 cm³/mol. The van der Waals surface area contributed by atoms with Crippen molar-refractivity contribution in [3.63, 3.8) is 0 Å². The van der Waals surface area contributed by atoms with Crippen molar-refractivity contribution in [2.45, 2.75) is 19.3 Å². The lowest BCUT2D eigenvalue weighted by molar-refractivity contribution is 0.346. The van der Waals surface area contributed by atoms with Gasteiger partial charge in [0, 0.05) is 6.54 Å². The summed E-state index contributed by atoms with van der Waals surface area (Å²) >= 11 is 0. The molecule has 1 aliphatic rings. The molecule has 1 heteroatoms. The van der Waals surface area contributed by atoms with Crippen LogP contribution in [0.3, 0.4) is 0 Å². The first kappa shape index (κ1) is 10.3. The summed E-state index contributed by atoms with van der Waals surface area (Å²) in [7, 11) is 0. The molecule has 1 saturated heterocycles. The second kappa shape index (κ2) is 6.67. The number of nitrogens with zero attached hydrogens (tertiary/aromatic N) is 1. The monoisotopic (exact) mass is 177 g/mol. The number of allylic oxidation sites excluding steroid dienone is 4. The quantitative estimate of drug-likeness (QED) is 0.584. The molecule has 0 saturated carbocycles. The van der Waals surface area contributed by atoms with Crippen LogP contribution in [0.4, 0.5) is 0 Å². The molecule has 1 fully saturated rings. The van der Waals surface area contributed by atoms with E-state index in [2.05, 4.69) is 23.6 Å². The van der Waals surface area contributed by atoms with Crippen molar-refractivity contribution < 1.29 is 0 Å². The molecule has 1 aliphatic heterocycles. The van der Waals surface area contributed by atoms with Gasteiger partial charge in [0.2, 0.25) is 0 Å². The first-order valence-electron chi connectivity index (χ1n) is 5.10. The number of likely N-dealkylation sites (tertiary alicyclic amines) is 1. The summed E-state index contributed by atoms with van der Waals surface area (Å²) in [5, 5.41) is 0. The minimum Gasteiger partial charge on any atom is -0.303 e. The predicted octanol–water partition coefficient (Wildman–Crippen LogP) is 2.77. The zero-order valence-electron chi connectivity index (χ0n) is 8.28. The third-order valence-electron chi connectivity index (χ3n) is 2.31. The van der Waals surface area contributed by atoms with Crippen LogP contribution in [-0.2, 0) is 0 Å². The van der Waals surface area contributed by atoms with E-state index in [0.29, 0.717) is 0 Å². The zero-order valence-corrected chi connectivity index (χ0v) is 8.28. The first-order chi connectivity index (χ1) is 6.43. The molecule has 1 nitrogen and oxygen atoms in total. The van der Waals surface area contributed by atoms with Crippen molar-refractivity contribution in [2.75, 3.05) is 19.6 Å². The summed E-state index contributed by atoms with van der Waals surface area (Å²) in [6.45, 7) is 7.44. The summed E-state index contributed by atoms with van der Waals surface area (Å²) in [5.74, 6) is 0. The topological polar surface area (TPSA) is 3.24 Å². The van der Waals surface area contributed by atoms with Gasteiger partial charge in [0.05, 0.1) is 0 Å². The summed E-state index contributed by atoms with van der Waals surface area (Å²) in [4.78, 5) is 2.53. The largest absolute Gasteiger partial charge is 0.303 e. The number of hydrogen-bond donors (Lipinski definition) is 0. The van der Waals surface area contributed by atoms with E-state index in [1.54, 1.807) is 6.08 Å². The van der Waals surface area contributed by atoms with Gasteiger partial charge < -0.3 is 4.90 Å². The van der Waals surface area contributed by atoms with Gasteiger partial charge in [-0.1, -0.05) is 37.0 Å².